The highest BCUT2D eigenvalue weighted by atomic mass is 35.5. The van der Waals surface area contributed by atoms with Gasteiger partial charge < -0.3 is 15.2 Å². The van der Waals surface area contributed by atoms with Crippen molar-refractivity contribution >= 4 is 18.3 Å². The molecule has 1 aliphatic rings. The molecule has 1 fully saturated rings. The van der Waals surface area contributed by atoms with Gasteiger partial charge in [-0.3, -0.25) is 9.69 Å². The largest absolute Gasteiger partial charge is 0.489 e. The Morgan fingerprint density at radius 1 is 1.25 bits per heavy atom. The average molecular weight is 409 g/mol. The van der Waals surface area contributed by atoms with Crippen LogP contribution in [0.5, 0.6) is 5.75 Å². The Morgan fingerprint density at radius 3 is 2.54 bits per heavy atom. The first-order chi connectivity index (χ1) is 13.0. The smallest absolute Gasteiger partial charge is 0.240 e. The lowest BCUT2D eigenvalue weighted by Gasteiger charge is -2.35. The summed E-state index contributed by atoms with van der Waals surface area (Å²) in [6.45, 7) is 0.452. The van der Waals surface area contributed by atoms with Crippen LogP contribution in [0.4, 0.5) is 4.39 Å². The fourth-order valence-corrected chi connectivity index (χ4v) is 3.78. The van der Waals surface area contributed by atoms with Gasteiger partial charge in [-0.2, -0.15) is 0 Å². The number of benzene rings is 2. The molecule has 3 rings (SSSR count). The van der Waals surface area contributed by atoms with Crippen molar-refractivity contribution in [2.75, 3.05) is 20.8 Å². The molecule has 7 heteroatoms. The van der Waals surface area contributed by atoms with Crippen molar-refractivity contribution in [3.63, 3.8) is 0 Å². The Labute approximate surface area is 171 Å². The zero-order valence-electron chi connectivity index (χ0n) is 16.1. The van der Waals surface area contributed by atoms with Crippen LogP contribution in [-0.2, 0) is 16.1 Å². The Hall–Kier alpha value is -2.15. The first-order valence-corrected chi connectivity index (χ1v) is 8.96. The van der Waals surface area contributed by atoms with Gasteiger partial charge in [0.25, 0.3) is 0 Å². The summed E-state index contributed by atoms with van der Waals surface area (Å²) in [4.78, 5) is 14.1. The molecule has 152 valence electrons. The van der Waals surface area contributed by atoms with Crippen LogP contribution in [0.2, 0.25) is 0 Å². The second-order valence-electron chi connectivity index (χ2n) is 6.94. The molecule has 2 N–H and O–H groups in total. The monoisotopic (exact) mass is 408 g/mol. The van der Waals surface area contributed by atoms with Gasteiger partial charge in [-0.25, -0.2) is 4.39 Å². The molecule has 1 amide bonds. The van der Waals surface area contributed by atoms with Crippen molar-refractivity contribution < 1.29 is 18.7 Å². The van der Waals surface area contributed by atoms with Gasteiger partial charge in [0.05, 0.1) is 6.61 Å². The number of hydrogen-bond acceptors (Lipinski definition) is 4. The van der Waals surface area contributed by atoms with Gasteiger partial charge in [-0.1, -0.05) is 30.3 Å². The van der Waals surface area contributed by atoms with Crippen molar-refractivity contribution in [3.8, 4) is 5.75 Å². The summed E-state index contributed by atoms with van der Waals surface area (Å²) in [6, 6.07) is 14.3. The Bertz CT molecular complexity index is 802. The number of amides is 1. The summed E-state index contributed by atoms with van der Waals surface area (Å²) in [6.07, 6.45) is 1.47. The first kappa shape index (κ1) is 22.1. The Balaban J connectivity index is 0.00000280. The molecular weight excluding hydrogens is 383 g/mol. The number of carbonyl (C=O) groups is 1. The fourth-order valence-electron chi connectivity index (χ4n) is 3.78. The van der Waals surface area contributed by atoms with E-state index in [2.05, 4.69) is 0 Å². The van der Waals surface area contributed by atoms with E-state index in [0.29, 0.717) is 17.7 Å². The third-order valence-electron chi connectivity index (χ3n) is 5.43. The first-order valence-electron chi connectivity index (χ1n) is 8.96. The van der Waals surface area contributed by atoms with Crippen LogP contribution in [0.1, 0.15) is 30.0 Å². The van der Waals surface area contributed by atoms with E-state index in [4.69, 9.17) is 15.2 Å². The molecule has 0 saturated carbocycles. The lowest BCUT2D eigenvalue weighted by atomic mass is 9.97. The molecule has 0 bridgehead atoms. The van der Waals surface area contributed by atoms with Crippen LogP contribution < -0.4 is 10.5 Å². The molecule has 0 radical (unpaired) electrons. The van der Waals surface area contributed by atoms with Gasteiger partial charge in [-0.15, -0.1) is 12.4 Å². The molecule has 0 aliphatic carbocycles. The summed E-state index contributed by atoms with van der Waals surface area (Å²) in [7, 11) is 3.48. The summed E-state index contributed by atoms with van der Waals surface area (Å²) in [5.41, 5.74) is 6.49. The summed E-state index contributed by atoms with van der Waals surface area (Å²) in [5, 5.41) is 0. The van der Waals surface area contributed by atoms with Crippen molar-refractivity contribution in [3.05, 3.63) is 65.5 Å². The predicted octanol–water partition coefficient (Wildman–Crippen LogP) is 3.46. The number of carbonyl (C=O) groups excluding carboxylic acids is 1. The minimum Gasteiger partial charge on any atom is -0.489 e. The van der Waals surface area contributed by atoms with Gasteiger partial charge in [0, 0.05) is 18.7 Å². The topological polar surface area (TPSA) is 64.8 Å². The number of rotatable bonds is 7. The second-order valence-corrected chi connectivity index (χ2v) is 6.94. The zero-order chi connectivity index (χ0) is 19.4. The van der Waals surface area contributed by atoms with Crippen molar-refractivity contribution in [2.24, 2.45) is 5.73 Å². The average Bonchev–Trinajstić information content (AvgIpc) is 3.00. The van der Waals surface area contributed by atoms with Crippen LogP contribution in [-0.4, -0.2) is 37.1 Å². The van der Waals surface area contributed by atoms with Crippen LogP contribution >= 0.6 is 12.4 Å². The highest BCUT2D eigenvalue weighted by Crippen LogP contribution is 2.41. The van der Waals surface area contributed by atoms with E-state index in [1.54, 1.807) is 25.3 Å². The Morgan fingerprint density at radius 2 is 1.93 bits per heavy atom. The van der Waals surface area contributed by atoms with Gasteiger partial charge in [0.2, 0.25) is 5.91 Å². The maximum absolute atomic E-state index is 13.7. The van der Waals surface area contributed by atoms with Gasteiger partial charge in [0.15, 0.2) is 0 Å². The minimum atomic E-state index is -0.778. The number of primary amides is 1. The maximum atomic E-state index is 13.7. The lowest BCUT2D eigenvalue weighted by molar-refractivity contribution is -0.131. The summed E-state index contributed by atoms with van der Waals surface area (Å²) in [5.74, 6) is 0.0301. The molecule has 0 aromatic heterocycles. The van der Waals surface area contributed by atoms with Gasteiger partial charge in [-0.05, 0) is 43.7 Å². The van der Waals surface area contributed by atoms with Crippen LogP contribution in [0, 0.1) is 5.82 Å². The normalized spacial score (nSPS) is 21.9. The van der Waals surface area contributed by atoms with E-state index in [0.717, 1.165) is 12.0 Å². The number of methoxy groups -OCH3 is 1. The predicted molar refractivity (Wildman–Crippen MR) is 108 cm³/mol. The number of halogens is 2. The molecule has 1 heterocycles. The fraction of sp³-hybridized carbons (Fsp3) is 0.381. The second kappa shape index (κ2) is 9.37. The molecule has 1 saturated heterocycles. The molecule has 2 atom stereocenters. The number of nitrogens with zero attached hydrogens (tertiary/aromatic N) is 1. The highest BCUT2D eigenvalue weighted by molar-refractivity contribution is 5.85. The number of hydrogen-bond donors (Lipinski definition) is 1. The lowest BCUT2D eigenvalue weighted by Crippen LogP contribution is -2.55. The number of ether oxygens (including phenoxy) is 2. The molecule has 5 nitrogen and oxygen atoms in total. The third kappa shape index (κ3) is 4.29. The van der Waals surface area contributed by atoms with E-state index >= 15 is 0 Å². The highest BCUT2D eigenvalue weighted by Gasteiger charge is 2.49. The number of nitrogens with two attached hydrogens (primary N) is 1. The Kier molecular flexibility index (Phi) is 7.41. The van der Waals surface area contributed by atoms with Crippen LogP contribution in [0.15, 0.2) is 48.5 Å². The van der Waals surface area contributed by atoms with Crippen molar-refractivity contribution in [1.29, 1.82) is 0 Å². The summed E-state index contributed by atoms with van der Waals surface area (Å²) < 4.78 is 24.6. The quantitative estimate of drug-likeness (QED) is 0.762. The standard InChI is InChI=1S/C21H25FN2O3.ClH/c1-24-19(11-12-21(24,14-26-2)20(23)25)15-7-9-17(10-8-15)27-13-16-5-3-4-6-18(16)22;/h3-10,19H,11-14H2,1-2H3,(H2,23,25);1H/t19-,21-;/m1./s1. The number of likely N-dealkylation sites (tertiary alicyclic amines) is 1. The summed E-state index contributed by atoms with van der Waals surface area (Å²) >= 11 is 0. The zero-order valence-corrected chi connectivity index (χ0v) is 16.9. The molecule has 2 aromatic rings. The molecular formula is C21H26ClFN2O3. The van der Waals surface area contributed by atoms with Crippen LogP contribution in [0.3, 0.4) is 0 Å². The molecule has 0 unspecified atom stereocenters. The molecule has 2 aromatic carbocycles. The van der Waals surface area contributed by atoms with Gasteiger partial charge >= 0.3 is 0 Å². The van der Waals surface area contributed by atoms with Crippen LogP contribution in [0.25, 0.3) is 0 Å². The van der Waals surface area contributed by atoms with E-state index in [1.165, 1.54) is 6.07 Å². The maximum Gasteiger partial charge on any atom is 0.240 e. The minimum absolute atomic E-state index is 0. The van der Waals surface area contributed by atoms with E-state index in [-0.39, 0.29) is 43.4 Å². The molecule has 28 heavy (non-hydrogen) atoms. The van der Waals surface area contributed by atoms with E-state index in [9.17, 15) is 9.18 Å². The van der Waals surface area contributed by atoms with Crippen molar-refractivity contribution in [1.82, 2.24) is 4.90 Å². The third-order valence-corrected chi connectivity index (χ3v) is 5.43. The molecule has 0 spiro atoms. The van der Waals surface area contributed by atoms with E-state index in [1.807, 2.05) is 36.2 Å². The van der Waals surface area contributed by atoms with Gasteiger partial charge in [0.1, 0.15) is 23.7 Å². The van der Waals surface area contributed by atoms with E-state index < -0.39 is 5.54 Å². The number of likely N-dealkylation sites (N-methyl/N-ethyl adjacent to an activating group) is 1. The SMILES string of the molecule is COC[C@@]1(C(N)=O)CC[C@H](c2ccc(OCc3ccccc3F)cc2)N1C.Cl. The molecule has 1 aliphatic heterocycles. The van der Waals surface area contributed by atoms with Crippen molar-refractivity contribution in [2.45, 2.75) is 31.0 Å².